The van der Waals surface area contributed by atoms with Crippen molar-refractivity contribution in [1.82, 2.24) is 14.6 Å². The fourth-order valence-corrected chi connectivity index (χ4v) is 5.28. The summed E-state index contributed by atoms with van der Waals surface area (Å²) in [5.41, 5.74) is 2.78. The number of hydrogen-bond donors (Lipinski definition) is 4. The molecule has 3 aromatic rings. The molecule has 1 saturated heterocycles. The van der Waals surface area contributed by atoms with Crippen LogP contribution in [-0.4, -0.2) is 60.6 Å². The van der Waals surface area contributed by atoms with Crippen LogP contribution in [0.2, 0.25) is 0 Å². The molecular formula is C27H35N5O4. The monoisotopic (exact) mass is 493 g/mol. The first-order chi connectivity index (χ1) is 16.9. The molecule has 1 aliphatic heterocycles. The Bertz CT molecular complexity index is 1310. The Labute approximate surface area is 210 Å². The summed E-state index contributed by atoms with van der Waals surface area (Å²) in [4.78, 5) is 19.9. The number of carbonyl (C=O) groups excluding carboxylic acids is 1. The van der Waals surface area contributed by atoms with Crippen LogP contribution in [0.5, 0.6) is 5.75 Å². The maximum Gasteiger partial charge on any atom is 0.261 e. The number of nitrogens with zero attached hydrogens (tertiary/aromatic N) is 4. The standard InChI is InChI=1S/C27H35N5O4/c1-16-13-28-24-19(14-29-32(24)15-16)25(35)30-20-9-17(11-27(4)12-23(27)34)22(33)10-21(20)31-7-5-18(6-8-31)26(2,3)36/h9-10,13-15,18,23,33-34,36H,5-8,11-12H2,1-4H3,(H,30,35)/t23-,27+/m1/s1. The number of carbonyl (C=O) groups is 1. The maximum atomic E-state index is 13.4. The molecule has 1 aliphatic carbocycles. The molecule has 1 aromatic carbocycles. The number of piperidine rings is 1. The molecule has 0 radical (unpaired) electrons. The second-order valence-corrected chi connectivity index (χ2v) is 11.4. The Morgan fingerprint density at radius 2 is 1.94 bits per heavy atom. The predicted octanol–water partition coefficient (Wildman–Crippen LogP) is 3.30. The molecule has 2 aliphatic rings. The van der Waals surface area contributed by atoms with E-state index in [1.54, 1.807) is 16.8 Å². The van der Waals surface area contributed by atoms with Crippen LogP contribution in [0.15, 0.2) is 30.7 Å². The summed E-state index contributed by atoms with van der Waals surface area (Å²) in [5, 5.41) is 38.7. The van der Waals surface area contributed by atoms with Gasteiger partial charge in [-0.1, -0.05) is 6.92 Å². The molecule has 5 rings (SSSR count). The van der Waals surface area contributed by atoms with Gasteiger partial charge in [-0.05, 0) is 69.6 Å². The predicted molar refractivity (Wildman–Crippen MR) is 137 cm³/mol. The third-order valence-electron chi connectivity index (χ3n) is 7.91. The number of aromatic nitrogens is 3. The summed E-state index contributed by atoms with van der Waals surface area (Å²) in [6.07, 6.45) is 7.46. The molecule has 2 fully saturated rings. The van der Waals surface area contributed by atoms with Crippen LogP contribution >= 0.6 is 0 Å². The van der Waals surface area contributed by atoms with Gasteiger partial charge in [0.2, 0.25) is 0 Å². The lowest BCUT2D eigenvalue weighted by molar-refractivity contribution is 0.00652. The van der Waals surface area contributed by atoms with Crippen molar-refractivity contribution in [3.63, 3.8) is 0 Å². The van der Waals surface area contributed by atoms with E-state index < -0.39 is 5.60 Å². The van der Waals surface area contributed by atoms with Gasteiger partial charge in [-0.25, -0.2) is 9.50 Å². The van der Waals surface area contributed by atoms with Crippen molar-refractivity contribution in [1.29, 1.82) is 0 Å². The SMILES string of the molecule is Cc1cnc2c(C(=O)Nc3cc(C[C@@]4(C)C[C@H]4O)c(O)cc3N3CCC(C(C)(C)O)CC3)cnn2c1. The lowest BCUT2D eigenvalue weighted by Gasteiger charge is -2.39. The summed E-state index contributed by atoms with van der Waals surface area (Å²) < 4.78 is 1.59. The lowest BCUT2D eigenvalue weighted by atomic mass is 9.83. The summed E-state index contributed by atoms with van der Waals surface area (Å²) in [7, 11) is 0. The van der Waals surface area contributed by atoms with Gasteiger partial charge in [0.1, 0.15) is 11.3 Å². The van der Waals surface area contributed by atoms with E-state index in [-0.39, 0.29) is 29.1 Å². The van der Waals surface area contributed by atoms with Crippen molar-refractivity contribution in [3.8, 4) is 5.75 Å². The zero-order valence-corrected chi connectivity index (χ0v) is 21.3. The van der Waals surface area contributed by atoms with Gasteiger partial charge in [0.15, 0.2) is 5.65 Å². The van der Waals surface area contributed by atoms with E-state index in [2.05, 4.69) is 20.3 Å². The Hall–Kier alpha value is -3.17. The molecule has 1 saturated carbocycles. The van der Waals surface area contributed by atoms with Gasteiger partial charge in [-0.2, -0.15) is 5.10 Å². The van der Waals surface area contributed by atoms with E-state index in [1.807, 2.05) is 40.0 Å². The Morgan fingerprint density at radius 1 is 1.25 bits per heavy atom. The van der Waals surface area contributed by atoms with Crippen LogP contribution in [0.1, 0.15) is 61.5 Å². The molecule has 0 unspecified atom stereocenters. The number of benzene rings is 1. The van der Waals surface area contributed by atoms with Gasteiger partial charge in [-0.3, -0.25) is 4.79 Å². The number of aromatic hydroxyl groups is 1. The molecule has 0 bridgehead atoms. The molecule has 36 heavy (non-hydrogen) atoms. The quantitative estimate of drug-likeness (QED) is 0.389. The zero-order valence-electron chi connectivity index (χ0n) is 21.3. The Morgan fingerprint density at radius 3 is 2.58 bits per heavy atom. The maximum absolute atomic E-state index is 13.4. The van der Waals surface area contributed by atoms with Crippen LogP contribution in [0.25, 0.3) is 5.65 Å². The van der Waals surface area contributed by atoms with Gasteiger partial charge in [-0.15, -0.1) is 0 Å². The van der Waals surface area contributed by atoms with E-state index >= 15 is 0 Å². The van der Waals surface area contributed by atoms with Crippen molar-refractivity contribution in [3.05, 3.63) is 47.4 Å². The molecule has 4 N–H and O–H groups in total. The number of phenolic OH excluding ortho intramolecular Hbond substituents is 1. The number of fused-ring (bicyclic) bond motifs is 1. The van der Waals surface area contributed by atoms with Crippen molar-refractivity contribution in [2.75, 3.05) is 23.3 Å². The molecule has 2 atom stereocenters. The van der Waals surface area contributed by atoms with Crippen molar-refractivity contribution >= 4 is 22.9 Å². The highest BCUT2D eigenvalue weighted by molar-refractivity contribution is 6.09. The van der Waals surface area contributed by atoms with E-state index in [4.69, 9.17) is 0 Å². The van der Waals surface area contributed by atoms with Gasteiger partial charge in [0.25, 0.3) is 5.91 Å². The Kier molecular flexibility index (Phi) is 5.95. The second kappa shape index (κ2) is 8.74. The molecule has 9 heteroatoms. The van der Waals surface area contributed by atoms with E-state index in [0.717, 1.165) is 24.1 Å². The minimum atomic E-state index is -0.745. The van der Waals surface area contributed by atoms with E-state index in [0.29, 0.717) is 48.4 Å². The number of nitrogens with one attached hydrogen (secondary N) is 1. The third-order valence-corrected chi connectivity index (χ3v) is 7.91. The van der Waals surface area contributed by atoms with Gasteiger partial charge < -0.3 is 25.5 Å². The summed E-state index contributed by atoms with van der Waals surface area (Å²) >= 11 is 0. The van der Waals surface area contributed by atoms with Crippen LogP contribution in [-0.2, 0) is 6.42 Å². The topological polar surface area (TPSA) is 123 Å². The first-order valence-electron chi connectivity index (χ1n) is 12.6. The fourth-order valence-electron chi connectivity index (χ4n) is 5.28. The van der Waals surface area contributed by atoms with E-state index in [9.17, 15) is 20.1 Å². The molecule has 192 valence electrons. The summed E-state index contributed by atoms with van der Waals surface area (Å²) in [6.45, 7) is 9.00. The van der Waals surface area contributed by atoms with Crippen molar-refractivity contribution in [2.45, 2.75) is 65.1 Å². The summed E-state index contributed by atoms with van der Waals surface area (Å²) in [5.74, 6) is 0.00799. The van der Waals surface area contributed by atoms with Crippen molar-refractivity contribution in [2.24, 2.45) is 11.3 Å². The number of aliphatic hydroxyl groups is 2. The number of amides is 1. The van der Waals surface area contributed by atoms with Gasteiger partial charge >= 0.3 is 0 Å². The molecule has 9 nitrogen and oxygen atoms in total. The van der Waals surface area contributed by atoms with Crippen LogP contribution < -0.4 is 10.2 Å². The largest absolute Gasteiger partial charge is 0.508 e. The number of rotatable bonds is 6. The lowest BCUT2D eigenvalue weighted by Crippen LogP contribution is -2.42. The summed E-state index contributed by atoms with van der Waals surface area (Å²) in [6, 6.07) is 3.54. The normalized spacial score (nSPS) is 22.7. The number of aliphatic hydroxyl groups excluding tert-OH is 1. The highest BCUT2D eigenvalue weighted by atomic mass is 16.3. The van der Waals surface area contributed by atoms with Gasteiger partial charge in [0, 0.05) is 37.0 Å². The minimum absolute atomic E-state index is 0.154. The average molecular weight is 494 g/mol. The van der Waals surface area contributed by atoms with Crippen molar-refractivity contribution < 1.29 is 20.1 Å². The van der Waals surface area contributed by atoms with Gasteiger partial charge in [0.05, 0.1) is 29.3 Å². The molecule has 2 aromatic heterocycles. The second-order valence-electron chi connectivity index (χ2n) is 11.4. The molecule has 3 heterocycles. The highest BCUT2D eigenvalue weighted by Crippen LogP contribution is 2.50. The van der Waals surface area contributed by atoms with Crippen LogP contribution in [0.3, 0.4) is 0 Å². The Balaban J connectivity index is 1.46. The van der Waals surface area contributed by atoms with E-state index in [1.165, 1.54) is 6.20 Å². The number of aryl methyl sites for hydroxylation is 1. The number of hydrogen-bond acceptors (Lipinski definition) is 7. The third kappa shape index (κ3) is 4.65. The zero-order chi connectivity index (χ0) is 25.8. The number of anilines is 2. The average Bonchev–Trinajstić information content (AvgIpc) is 3.20. The van der Waals surface area contributed by atoms with Crippen LogP contribution in [0, 0.1) is 18.3 Å². The smallest absolute Gasteiger partial charge is 0.261 e. The molecular weight excluding hydrogens is 458 g/mol. The fraction of sp³-hybridized carbons (Fsp3) is 0.519. The molecule has 1 amide bonds. The van der Waals surface area contributed by atoms with Crippen LogP contribution in [0.4, 0.5) is 11.4 Å². The first-order valence-corrected chi connectivity index (χ1v) is 12.6. The first kappa shape index (κ1) is 24.5. The highest BCUT2D eigenvalue weighted by Gasteiger charge is 2.49. The minimum Gasteiger partial charge on any atom is -0.508 e. The number of phenols is 1. The molecule has 0 spiro atoms.